The maximum Gasteiger partial charge on any atom is 0.249 e. The Kier molecular flexibility index (Phi) is 5.99. The molecule has 0 aliphatic carbocycles. The van der Waals surface area contributed by atoms with Crippen molar-refractivity contribution in [2.24, 2.45) is 0 Å². The van der Waals surface area contributed by atoms with Gasteiger partial charge in [0.15, 0.2) is 0 Å². The predicted octanol–water partition coefficient (Wildman–Crippen LogP) is -0.713. The van der Waals surface area contributed by atoms with Crippen LogP contribution in [0.15, 0.2) is 0 Å². The Bertz CT molecular complexity index is 309. The van der Waals surface area contributed by atoms with Crippen LogP contribution >= 0.6 is 11.8 Å². The Balaban J connectivity index is 2.21. The van der Waals surface area contributed by atoms with E-state index in [0.29, 0.717) is 18.8 Å². The van der Waals surface area contributed by atoms with E-state index in [2.05, 4.69) is 10.6 Å². The highest BCUT2D eigenvalue weighted by Crippen LogP contribution is 2.05. The number of methoxy groups -OCH3 is 1. The van der Waals surface area contributed by atoms with Crippen LogP contribution in [0.4, 0.5) is 0 Å². The number of carbonyl (C=O) groups is 3. The zero-order valence-corrected chi connectivity index (χ0v) is 10.5. The summed E-state index contributed by atoms with van der Waals surface area (Å²) in [4.78, 5) is 33.7. The Labute approximate surface area is 104 Å². The van der Waals surface area contributed by atoms with Gasteiger partial charge in [0.25, 0.3) is 0 Å². The molecule has 1 atom stereocenters. The lowest BCUT2D eigenvalue weighted by Crippen LogP contribution is -2.52. The summed E-state index contributed by atoms with van der Waals surface area (Å²) in [5.74, 6) is 0.132. The summed E-state index contributed by atoms with van der Waals surface area (Å²) in [6.07, 6.45) is 0.645. The molecule has 6 nitrogen and oxygen atoms in total. The summed E-state index contributed by atoms with van der Waals surface area (Å²) >= 11 is 1.44. The van der Waals surface area contributed by atoms with Gasteiger partial charge < -0.3 is 10.1 Å². The number of nitrogens with one attached hydrogen (secondary N) is 2. The lowest BCUT2D eigenvalue weighted by molar-refractivity contribution is -0.136. The Morgan fingerprint density at radius 2 is 2.35 bits per heavy atom. The van der Waals surface area contributed by atoms with Crippen LogP contribution in [-0.4, -0.2) is 49.0 Å². The second-order valence-corrected chi connectivity index (χ2v) is 4.72. The summed E-state index contributed by atoms with van der Waals surface area (Å²) in [7, 11) is 1.60. The fourth-order valence-corrected chi connectivity index (χ4v) is 2.07. The van der Waals surface area contributed by atoms with Crippen molar-refractivity contribution >= 4 is 29.5 Å². The van der Waals surface area contributed by atoms with Crippen LogP contribution in [0.5, 0.6) is 0 Å². The third kappa shape index (κ3) is 5.18. The smallest absolute Gasteiger partial charge is 0.249 e. The van der Waals surface area contributed by atoms with E-state index >= 15 is 0 Å². The summed E-state index contributed by atoms with van der Waals surface area (Å²) in [6, 6.07) is -0.580. The quantitative estimate of drug-likeness (QED) is 0.487. The van der Waals surface area contributed by atoms with E-state index in [-0.39, 0.29) is 18.2 Å². The highest BCUT2D eigenvalue weighted by Gasteiger charge is 2.27. The van der Waals surface area contributed by atoms with Gasteiger partial charge in [-0.05, 0) is 6.42 Å². The van der Waals surface area contributed by atoms with Gasteiger partial charge in [-0.1, -0.05) is 0 Å². The largest absolute Gasteiger partial charge is 0.384 e. The Hall–Kier alpha value is -1.08. The number of carbonyl (C=O) groups excluding carboxylic acids is 3. The van der Waals surface area contributed by atoms with E-state index in [9.17, 15) is 14.4 Å². The van der Waals surface area contributed by atoms with E-state index < -0.39 is 11.9 Å². The number of hydrogen-bond acceptors (Lipinski definition) is 5. The molecule has 0 radical (unpaired) electrons. The molecule has 17 heavy (non-hydrogen) atoms. The van der Waals surface area contributed by atoms with Crippen LogP contribution in [0.3, 0.4) is 0 Å². The first-order valence-corrected chi connectivity index (χ1v) is 6.48. The van der Waals surface area contributed by atoms with Crippen LogP contribution in [0, 0.1) is 0 Å². The van der Waals surface area contributed by atoms with Gasteiger partial charge in [0.2, 0.25) is 17.7 Å². The topological polar surface area (TPSA) is 84.5 Å². The van der Waals surface area contributed by atoms with Crippen molar-refractivity contribution in [3.05, 3.63) is 0 Å². The van der Waals surface area contributed by atoms with Gasteiger partial charge in [-0.25, -0.2) is 0 Å². The summed E-state index contributed by atoms with van der Waals surface area (Å²) in [6.45, 7) is 0.594. The Morgan fingerprint density at radius 3 is 3.00 bits per heavy atom. The maximum atomic E-state index is 11.5. The molecule has 3 amide bonds. The van der Waals surface area contributed by atoms with Crippen molar-refractivity contribution in [2.75, 3.05) is 25.2 Å². The number of imide groups is 1. The van der Waals surface area contributed by atoms with Crippen LogP contribution in [-0.2, 0) is 19.1 Å². The van der Waals surface area contributed by atoms with Gasteiger partial charge in [-0.3, -0.25) is 19.7 Å². The van der Waals surface area contributed by atoms with E-state index in [0.717, 1.165) is 5.75 Å². The molecular formula is C10H16N2O4S. The monoisotopic (exact) mass is 260 g/mol. The minimum atomic E-state index is -0.580. The molecule has 7 heteroatoms. The summed E-state index contributed by atoms with van der Waals surface area (Å²) < 4.78 is 4.85. The number of hydrogen-bond donors (Lipinski definition) is 2. The van der Waals surface area contributed by atoms with Crippen LogP contribution in [0.1, 0.15) is 12.8 Å². The third-order valence-electron chi connectivity index (χ3n) is 2.24. The van der Waals surface area contributed by atoms with Crippen molar-refractivity contribution in [1.29, 1.82) is 0 Å². The van der Waals surface area contributed by atoms with E-state index in [1.54, 1.807) is 7.11 Å². The molecule has 0 aromatic carbocycles. The van der Waals surface area contributed by atoms with Gasteiger partial charge >= 0.3 is 0 Å². The van der Waals surface area contributed by atoms with Gasteiger partial charge in [0.1, 0.15) is 6.04 Å². The molecule has 0 bridgehead atoms. The van der Waals surface area contributed by atoms with Gasteiger partial charge in [-0.2, -0.15) is 0 Å². The van der Waals surface area contributed by atoms with Crippen LogP contribution in [0.2, 0.25) is 0 Å². The molecule has 2 N–H and O–H groups in total. The maximum absolute atomic E-state index is 11.5. The molecule has 1 aliphatic rings. The fourth-order valence-electron chi connectivity index (χ4n) is 1.37. The average molecular weight is 260 g/mol. The number of amides is 3. The molecule has 96 valence electrons. The lowest BCUT2D eigenvalue weighted by atomic mass is 10.1. The summed E-state index contributed by atoms with van der Waals surface area (Å²) in [5, 5.41) is 4.79. The molecule has 0 spiro atoms. The van der Waals surface area contributed by atoms with Crippen molar-refractivity contribution in [3.63, 3.8) is 0 Å². The lowest BCUT2D eigenvalue weighted by Gasteiger charge is -2.21. The van der Waals surface area contributed by atoms with Crippen LogP contribution in [0.25, 0.3) is 0 Å². The van der Waals surface area contributed by atoms with Gasteiger partial charge in [-0.15, -0.1) is 11.8 Å². The first kappa shape index (κ1) is 14.0. The highest BCUT2D eigenvalue weighted by atomic mass is 32.2. The normalized spacial score (nSPS) is 19.9. The molecule has 1 heterocycles. The third-order valence-corrected chi connectivity index (χ3v) is 3.16. The number of thioether (sulfide) groups is 1. The standard InChI is InChI=1S/C10H16N2O4S/c1-16-4-5-17-6-9(14)11-7-2-3-8(13)12-10(7)15/h7H,2-6H2,1H3,(H,11,14)(H,12,13,15). The zero-order valence-electron chi connectivity index (χ0n) is 9.65. The molecule has 1 rings (SSSR count). The summed E-state index contributed by atoms with van der Waals surface area (Å²) in [5.41, 5.74) is 0. The van der Waals surface area contributed by atoms with Crippen molar-refractivity contribution < 1.29 is 19.1 Å². The molecule has 1 unspecified atom stereocenters. The average Bonchev–Trinajstić information content (AvgIpc) is 2.28. The van der Waals surface area contributed by atoms with Crippen molar-refractivity contribution in [2.45, 2.75) is 18.9 Å². The second kappa shape index (κ2) is 7.29. The minimum Gasteiger partial charge on any atom is -0.384 e. The number of piperidine rings is 1. The molecule has 0 saturated carbocycles. The molecule has 0 aromatic rings. The van der Waals surface area contributed by atoms with Gasteiger partial charge in [0, 0.05) is 19.3 Å². The van der Waals surface area contributed by atoms with E-state index in [1.807, 2.05) is 0 Å². The highest BCUT2D eigenvalue weighted by molar-refractivity contribution is 7.99. The van der Waals surface area contributed by atoms with E-state index in [1.165, 1.54) is 11.8 Å². The molecule has 1 saturated heterocycles. The number of ether oxygens (including phenoxy) is 1. The predicted molar refractivity (Wildman–Crippen MR) is 63.5 cm³/mol. The van der Waals surface area contributed by atoms with Gasteiger partial charge in [0.05, 0.1) is 12.4 Å². The van der Waals surface area contributed by atoms with E-state index in [4.69, 9.17) is 4.74 Å². The number of rotatable bonds is 6. The molecule has 1 fully saturated rings. The van der Waals surface area contributed by atoms with Crippen molar-refractivity contribution in [3.8, 4) is 0 Å². The first-order chi connectivity index (χ1) is 8.13. The molecule has 0 aromatic heterocycles. The molecule has 1 aliphatic heterocycles. The zero-order chi connectivity index (χ0) is 12.7. The Morgan fingerprint density at radius 1 is 1.59 bits per heavy atom. The van der Waals surface area contributed by atoms with Crippen LogP contribution < -0.4 is 10.6 Å². The SMILES string of the molecule is COCCSCC(=O)NC1CCC(=O)NC1=O. The first-order valence-electron chi connectivity index (χ1n) is 5.33. The fraction of sp³-hybridized carbons (Fsp3) is 0.700. The van der Waals surface area contributed by atoms with Crippen molar-refractivity contribution in [1.82, 2.24) is 10.6 Å². The minimum absolute atomic E-state index is 0.194. The second-order valence-electron chi connectivity index (χ2n) is 3.62. The molecular weight excluding hydrogens is 244 g/mol.